The van der Waals surface area contributed by atoms with Gasteiger partial charge in [0.25, 0.3) is 5.56 Å². The molecule has 0 atom stereocenters. The molecule has 0 unspecified atom stereocenters. The molecule has 1 amide bonds. The van der Waals surface area contributed by atoms with Gasteiger partial charge in [0, 0.05) is 13.5 Å². The first-order valence-corrected chi connectivity index (χ1v) is 8.73. The summed E-state index contributed by atoms with van der Waals surface area (Å²) >= 11 is 0. The number of nitrogens with zero attached hydrogens (tertiary/aromatic N) is 2. The normalized spacial score (nSPS) is 15.8. The lowest BCUT2D eigenvalue weighted by atomic mass is 9.82. The van der Waals surface area contributed by atoms with Crippen LogP contribution in [0.2, 0.25) is 0 Å². The van der Waals surface area contributed by atoms with E-state index in [4.69, 9.17) is 0 Å². The molecule has 2 N–H and O–H groups in total. The first-order chi connectivity index (χ1) is 12.4. The number of hydrogen-bond donors (Lipinski definition) is 2. The molecule has 1 aliphatic rings. The third kappa shape index (κ3) is 3.05. The van der Waals surface area contributed by atoms with Crippen molar-refractivity contribution in [2.75, 3.05) is 5.32 Å². The van der Waals surface area contributed by atoms with E-state index in [1.54, 1.807) is 18.7 Å². The quantitative estimate of drug-likeness (QED) is 0.859. The van der Waals surface area contributed by atoms with Crippen molar-refractivity contribution in [2.24, 2.45) is 12.5 Å². The van der Waals surface area contributed by atoms with Gasteiger partial charge in [0.2, 0.25) is 5.91 Å². The number of carboxylic acid groups (broad SMARTS) is 1. The van der Waals surface area contributed by atoms with Gasteiger partial charge in [-0.25, -0.2) is 4.68 Å². The summed E-state index contributed by atoms with van der Waals surface area (Å²) < 4.78 is 3.16. The van der Waals surface area contributed by atoms with Gasteiger partial charge < -0.3 is 10.4 Å². The van der Waals surface area contributed by atoms with E-state index >= 15 is 0 Å². The van der Waals surface area contributed by atoms with Gasteiger partial charge >= 0.3 is 5.97 Å². The highest BCUT2D eigenvalue weighted by atomic mass is 16.4. The van der Waals surface area contributed by atoms with Crippen LogP contribution in [-0.4, -0.2) is 26.3 Å². The monoisotopic (exact) mass is 357 g/mol. The predicted molar refractivity (Wildman–Crippen MR) is 97.5 cm³/mol. The molecule has 7 nitrogen and oxygen atoms in total. The maximum Gasteiger partial charge on any atom is 0.310 e. The molecule has 1 fully saturated rings. The maximum atomic E-state index is 12.8. The van der Waals surface area contributed by atoms with Gasteiger partial charge in [-0.3, -0.25) is 19.1 Å². The van der Waals surface area contributed by atoms with Crippen LogP contribution in [0.15, 0.2) is 35.1 Å². The Kier molecular flexibility index (Phi) is 4.71. The Morgan fingerprint density at radius 1 is 1.19 bits per heavy atom. The number of para-hydroxylation sites is 1. The summed E-state index contributed by atoms with van der Waals surface area (Å²) in [6, 6.07) is 9.15. The Morgan fingerprint density at radius 3 is 2.38 bits per heavy atom. The van der Waals surface area contributed by atoms with Crippen LogP contribution in [0.25, 0.3) is 5.69 Å². The maximum absolute atomic E-state index is 12.8. The SMILES string of the molecule is Cc1c(NC(=O)CC2(C(=O)O)CCCC2)c(=O)n(-c2ccccc2)n1C. The first kappa shape index (κ1) is 18.0. The zero-order valence-electron chi connectivity index (χ0n) is 15.0. The minimum absolute atomic E-state index is 0.110. The average Bonchev–Trinajstić information content (AvgIpc) is 3.16. The highest BCUT2D eigenvalue weighted by Crippen LogP contribution is 2.41. The molecule has 0 radical (unpaired) electrons. The molecule has 1 saturated carbocycles. The minimum Gasteiger partial charge on any atom is -0.481 e. The van der Waals surface area contributed by atoms with E-state index in [1.165, 1.54) is 4.68 Å². The summed E-state index contributed by atoms with van der Waals surface area (Å²) in [5.74, 6) is -1.36. The molecular weight excluding hydrogens is 334 g/mol. The molecule has 0 aliphatic heterocycles. The van der Waals surface area contributed by atoms with E-state index in [-0.39, 0.29) is 17.7 Å². The van der Waals surface area contributed by atoms with Gasteiger partial charge in [-0.1, -0.05) is 31.0 Å². The van der Waals surface area contributed by atoms with Gasteiger partial charge in [0.1, 0.15) is 5.69 Å². The van der Waals surface area contributed by atoms with Crippen LogP contribution in [0.3, 0.4) is 0 Å². The summed E-state index contributed by atoms with van der Waals surface area (Å²) in [6.07, 6.45) is 2.51. The van der Waals surface area contributed by atoms with Gasteiger partial charge in [0.15, 0.2) is 0 Å². The van der Waals surface area contributed by atoms with Gasteiger partial charge in [-0.2, -0.15) is 0 Å². The number of amides is 1. The highest BCUT2D eigenvalue weighted by molar-refractivity contribution is 5.94. The molecular formula is C19H23N3O4. The molecule has 1 heterocycles. The summed E-state index contributed by atoms with van der Waals surface area (Å²) in [5.41, 5.74) is 0.162. The average molecular weight is 357 g/mol. The fourth-order valence-corrected chi connectivity index (χ4v) is 3.72. The molecule has 138 valence electrons. The van der Waals surface area contributed by atoms with E-state index < -0.39 is 17.3 Å². The number of nitrogens with one attached hydrogen (secondary N) is 1. The van der Waals surface area contributed by atoms with Crippen LogP contribution < -0.4 is 10.9 Å². The molecule has 2 aromatic rings. The number of aromatic nitrogens is 2. The number of rotatable bonds is 5. The van der Waals surface area contributed by atoms with Crippen molar-refractivity contribution in [3.63, 3.8) is 0 Å². The Labute approximate surface area is 151 Å². The van der Waals surface area contributed by atoms with Crippen molar-refractivity contribution in [1.29, 1.82) is 0 Å². The van der Waals surface area contributed by atoms with Crippen molar-refractivity contribution < 1.29 is 14.7 Å². The van der Waals surface area contributed by atoms with Crippen molar-refractivity contribution in [3.05, 3.63) is 46.4 Å². The Bertz CT molecular complexity index is 889. The van der Waals surface area contributed by atoms with E-state index in [0.717, 1.165) is 12.8 Å². The third-order valence-electron chi connectivity index (χ3n) is 5.33. The molecule has 3 rings (SSSR count). The second-order valence-corrected chi connectivity index (χ2v) is 6.95. The number of anilines is 1. The molecule has 26 heavy (non-hydrogen) atoms. The Balaban J connectivity index is 1.88. The highest BCUT2D eigenvalue weighted by Gasteiger charge is 2.43. The molecule has 1 aliphatic carbocycles. The van der Waals surface area contributed by atoms with Crippen molar-refractivity contribution in [3.8, 4) is 5.69 Å². The second-order valence-electron chi connectivity index (χ2n) is 6.95. The fraction of sp³-hybridized carbons (Fsp3) is 0.421. The molecule has 1 aromatic heterocycles. The lowest BCUT2D eigenvalue weighted by Gasteiger charge is -2.22. The standard InChI is InChI=1S/C19H23N3O4/c1-13-16(17(24)22(21(13)2)14-8-4-3-5-9-14)20-15(23)12-19(18(25)26)10-6-7-11-19/h3-5,8-9H,6-7,10-12H2,1-2H3,(H,20,23)(H,25,26). The van der Waals surface area contributed by atoms with E-state index in [9.17, 15) is 19.5 Å². The van der Waals surface area contributed by atoms with Crippen molar-refractivity contribution in [2.45, 2.75) is 39.0 Å². The number of carbonyl (C=O) groups is 2. The van der Waals surface area contributed by atoms with Crippen LogP contribution in [0.4, 0.5) is 5.69 Å². The molecule has 1 aromatic carbocycles. The largest absolute Gasteiger partial charge is 0.481 e. The lowest BCUT2D eigenvalue weighted by molar-refractivity contribution is -0.150. The zero-order chi connectivity index (χ0) is 18.9. The van der Waals surface area contributed by atoms with Crippen LogP contribution in [0.1, 0.15) is 37.8 Å². The van der Waals surface area contributed by atoms with Crippen LogP contribution >= 0.6 is 0 Å². The Hall–Kier alpha value is -2.83. The number of carboxylic acids is 1. The smallest absolute Gasteiger partial charge is 0.310 e. The summed E-state index contributed by atoms with van der Waals surface area (Å²) in [7, 11) is 1.75. The van der Waals surface area contributed by atoms with Gasteiger partial charge in [0.05, 0.1) is 16.8 Å². The van der Waals surface area contributed by atoms with Crippen molar-refractivity contribution in [1.82, 2.24) is 9.36 Å². The number of hydrogen-bond acceptors (Lipinski definition) is 3. The predicted octanol–water partition coefficient (Wildman–Crippen LogP) is 2.46. The van der Waals surface area contributed by atoms with Crippen LogP contribution in [-0.2, 0) is 16.6 Å². The number of aliphatic carboxylic acids is 1. The van der Waals surface area contributed by atoms with Crippen molar-refractivity contribution >= 4 is 17.6 Å². The topological polar surface area (TPSA) is 93.3 Å². The fourth-order valence-electron chi connectivity index (χ4n) is 3.72. The molecule has 7 heteroatoms. The summed E-state index contributed by atoms with van der Waals surface area (Å²) in [5, 5.41) is 12.2. The summed E-state index contributed by atoms with van der Waals surface area (Å²) in [6.45, 7) is 1.75. The molecule has 0 spiro atoms. The van der Waals surface area contributed by atoms with E-state index in [2.05, 4.69) is 5.32 Å². The van der Waals surface area contributed by atoms with E-state index in [1.807, 2.05) is 30.3 Å². The Morgan fingerprint density at radius 2 is 1.81 bits per heavy atom. The van der Waals surface area contributed by atoms with Crippen LogP contribution in [0.5, 0.6) is 0 Å². The first-order valence-electron chi connectivity index (χ1n) is 8.73. The number of carbonyl (C=O) groups excluding carboxylic acids is 1. The van der Waals surface area contributed by atoms with E-state index in [0.29, 0.717) is 24.2 Å². The van der Waals surface area contributed by atoms with Crippen LogP contribution in [0, 0.1) is 12.3 Å². The zero-order valence-corrected chi connectivity index (χ0v) is 15.0. The van der Waals surface area contributed by atoms with Gasteiger partial charge in [-0.05, 0) is 31.9 Å². The lowest BCUT2D eigenvalue weighted by Crippen LogP contribution is -2.33. The number of benzene rings is 1. The molecule has 0 saturated heterocycles. The summed E-state index contributed by atoms with van der Waals surface area (Å²) in [4.78, 5) is 37.0. The van der Waals surface area contributed by atoms with Gasteiger partial charge in [-0.15, -0.1) is 0 Å². The minimum atomic E-state index is -1.01. The second kappa shape index (κ2) is 6.82. The third-order valence-corrected chi connectivity index (χ3v) is 5.33. The molecule has 0 bridgehead atoms.